The monoisotopic (exact) mass is 451 g/mol. The summed E-state index contributed by atoms with van der Waals surface area (Å²) in [6.45, 7) is 11.3. The quantitative estimate of drug-likeness (QED) is 0.649. The van der Waals surface area contributed by atoms with Gasteiger partial charge in [0.15, 0.2) is 0 Å². The van der Waals surface area contributed by atoms with Crippen molar-refractivity contribution in [2.75, 3.05) is 13.2 Å². The van der Waals surface area contributed by atoms with Crippen LogP contribution in [0.15, 0.2) is 30.3 Å². The SMILES string of the molecule is Cc1cc(B2OC(C)(C)C(C)(C)O2)ccc1CN1CCOc2cc(C3CC3)cc(F)c2C1=O. The minimum absolute atomic E-state index is 0.0448. The molecule has 0 radical (unpaired) electrons. The van der Waals surface area contributed by atoms with Gasteiger partial charge in [-0.05, 0) is 87.7 Å². The summed E-state index contributed by atoms with van der Waals surface area (Å²) in [6, 6.07) is 9.39. The highest BCUT2D eigenvalue weighted by Gasteiger charge is 2.51. The smallest absolute Gasteiger partial charge is 0.491 e. The third-order valence-corrected chi connectivity index (χ3v) is 7.50. The second kappa shape index (κ2) is 7.85. The number of hydrogen-bond donors (Lipinski definition) is 0. The van der Waals surface area contributed by atoms with E-state index in [1.165, 1.54) is 6.07 Å². The topological polar surface area (TPSA) is 48.0 Å². The van der Waals surface area contributed by atoms with Crippen LogP contribution in [-0.2, 0) is 15.9 Å². The largest absolute Gasteiger partial charge is 0.494 e. The van der Waals surface area contributed by atoms with E-state index in [2.05, 4.69) is 0 Å². The van der Waals surface area contributed by atoms with Gasteiger partial charge < -0.3 is 18.9 Å². The molecular weight excluding hydrogens is 420 g/mol. The van der Waals surface area contributed by atoms with Crippen LogP contribution in [0.4, 0.5) is 4.39 Å². The van der Waals surface area contributed by atoms with Gasteiger partial charge >= 0.3 is 7.12 Å². The van der Waals surface area contributed by atoms with Crippen LogP contribution < -0.4 is 10.2 Å². The number of rotatable bonds is 4. The van der Waals surface area contributed by atoms with Gasteiger partial charge in [0.1, 0.15) is 23.7 Å². The van der Waals surface area contributed by atoms with Crippen molar-refractivity contribution >= 4 is 18.5 Å². The van der Waals surface area contributed by atoms with Gasteiger partial charge in [-0.25, -0.2) is 4.39 Å². The van der Waals surface area contributed by atoms with Gasteiger partial charge in [-0.15, -0.1) is 0 Å². The highest BCUT2D eigenvalue weighted by molar-refractivity contribution is 6.62. The maximum atomic E-state index is 14.9. The van der Waals surface area contributed by atoms with Crippen LogP contribution in [0.25, 0.3) is 0 Å². The summed E-state index contributed by atoms with van der Waals surface area (Å²) in [6.07, 6.45) is 2.14. The fourth-order valence-electron chi connectivity index (χ4n) is 4.48. The lowest BCUT2D eigenvalue weighted by Gasteiger charge is -2.32. The summed E-state index contributed by atoms with van der Waals surface area (Å²) in [7, 11) is -0.433. The fraction of sp³-hybridized carbons (Fsp3) is 0.500. The molecule has 2 heterocycles. The van der Waals surface area contributed by atoms with Crippen molar-refractivity contribution in [2.45, 2.75) is 71.1 Å². The number of aryl methyl sites for hydroxylation is 1. The highest BCUT2D eigenvalue weighted by atomic mass is 19.1. The number of carbonyl (C=O) groups is 1. The third kappa shape index (κ3) is 4.06. The van der Waals surface area contributed by atoms with E-state index in [0.717, 1.165) is 35.0 Å². The van der Waals surface area contributed by atoms with Gasteiger partial charge in [-0.2, -0.15) is 0 Å². The Balaban J connectivity index is 1.36. The Morgan fingerprint density at radius 1 is 1.09 bits per heavy atom. The number of fused-ring (bicyclic) bond motifs is 1. The molecule has 2 aliphatic heterocycles. The van der Waals surface area contributed by atoms with E-state index in [1.807, 2.05) is 58.9 Å². The molecule has 0 unspecified atom stereocenters. The number of benzene rings is 2. The first-order valence-electron chi connectivity index (χ1n) is 11.8. The zero-order valence-electron chi connectivity index (χ0n) is 20.0. The van der Waals surface area contributed by atoms with Gasteiger partial charge in [-0.3, -0.25) is 4.79 Å². The van der Waals surface area contributed by atoms with Crippen LogP contribution >= 0.6 is 0 Å². The van der Waals surface area contributed by atoms with Gasteiger partial charge in [0.25, 0.3) is 5.91 Å². The molecule has 1 amide bonds. The van der Waals surface area contributed by atoms with Crippen molar-refractivity contribution in [2.24, 2.45) is 0 Å². The third-order valence-electron chi connectivity index (χ3n) is 7.50. The van der Waals surface area contributed by atoms with Gasteiger partial charge in [-0.1, -0.05) is 18.2 Å². The molecule has 1 saturated carbocycles. The molecule has 5 nitrogen and oxygen atoms in total. The van der Waals surface area contributed by atoms with Crippen LogP contribution in [0, 0.1) is 12.7 Å². The number of nitrogens with zero attached hydrogens (tertiary/aromatic N) is 1. The highest BCUT2D eigenvalue weighted by Crippen LogP contribution is 2.43. The molecule has 0 atom stereocenters. The first kappa shape index (κ1) is 22.4. The molecular formula is C26H31BFNO4. The van der Waals surface area contributed by atoms with Gasteiger partial charge in [0, 0.05) is 6.54 Å². The van der Waals surface area contributed by atoms with Crippen LogP contribution in [0.5, 0.6) is 5.75 Å². The van der Waals surface area contributed by atoms with Gasteiger partial charge in [0.05, 0.1) is 17.7 Å². The molecule has 7 heteroatoms. The summed E-state index contributed by atoms with van der Waals surface area (Å²) < 4.78 is 33.1. The zero-order chi connectivity index (χ0) is 23.5. The Labute approximate surface area is 195 Å². The number of amides is 1. The van der Waals surface area contributed by atoms with Crippen molar-refractivity contribution < 1.29 is 23.2 Å². The van der Waals surface area contributed by atoms with Crippen molar-refractivity contribution in [3.8, 4) is 5.75 Å². The Hall–Kier alpha value is -2.38. The molecule has 0 bridgehead atoms. The number of carbonyl (C=O) groups excluding carboxylic acids is 1. The average molecular weight is 451 g/mol. The van der Waals surface area contributed by atoms with Crippen LogP contribution in [0.2, 0.25) is 0 Å². The lowest BCUT2D eigenvalue weighted by Crippen LogP contribution is -2.41. The average Bonchev–Trinajstić information content (AvgIpc) is 3.55. The maximum absolute atomic E-state index is 14.9. The Morgan fingerprint density at radius 3 is 2.42 bits per heavy atom. The molecule has 0 N–H and O–H groups in total. The van der Waals surface area contributed by atoms with Crippen LogP contribution in [-0.4, -0.2) is 42.3 Å². The second-order valence-corrected chi connectivity index (χ2v) is 10.5. The number of halogens is 1. The maximum Gasteiger partial charge on any atom is 0.494 e. The number of ether oxygens (including phenoxy) is 1. The summed E-state index contributed by atoms with van der Waals surface area (Å²) >= 11 is 0. The Morgan fingerprint density at radius 2 is 1.79 bits per heavy atom. The van der Waals surface area contributed by atoms with Crippen molar-refractivity contribution in [1.82, 2.24) is 4.90 Å². The lowest BCUT2D eigenvalue weighted by atomic mass is 9.78. The fourth-order valence-corrected chi connectivity index (χ4v) is 4.48. The standard InChI is InChI=1S/C26H31BFNO4/c1-16-12-20(27-32-25(2,3)26(4,5)33-27)9-8-18(16)15-29-10-11-31-22-14-19(17-6-7-17)13-21(28)23(22)24(29)30/h8-9,12-14,17H,6-7,10-11,15H2,1-5H3. The summed E-state index contributed by atoms with van der Waals surface area (Å²) in [5, 5.41) is 0. The zero-order valence-corrected chi connectivity index (χ0v) is 20.0. The predicted molar refractivity (Wildman–Crippen MR) is 126 cm³/mol. The molecule has 33 heavy (non-hydrogen) atoms. The minimum Gasteiger partial charge on any atom is -0.491 e. The summed E-state index contributed by atoms with van der Waals surface area (Å²) in [5.74, 6) is -0.0406. The van der Waals surface area contributed by atoms with E-state index in [9.17, 15) is 9.18 Å². The molecule has 2 aromatic rings. The van der Waals surface area contributed by atoms with Crippen molar-refractivity contribution in [1.29, 1.82) is 0 Å². The van der Waals surface area contributed by atoms with E-state index in [-0.39, 0.29) is 11.5 Å². The molecule has 2 fully saturated rings. The summed E-state index contributed by atoms with van der Waals surface area (Å²) in [5.41, 5.74) is 3.15. The normalized spacial score (nSPS) is 21.6. The van der Waals surface area contributed by atoms with E-state index in [0.29, 0.717) is 31.4 Å². The van der Waals surface area contributed by atoms with E-state index in [4.69, 9.17) is 14.0 Å². The lowest BCUT2D eigenvalue weighted by molar-refractivity contribution is 0.00578. The van der Waals surface area contributed by atoms with Crippen LogP contribution in [0.1, 0.15) is 73.5 Å². The first-order chi connectivity index (χ1) is 15.6. The van der Waals surface area contributed by atoms with Gasteiger partial charge in [0.2, 0.25) is 0 Å². The van der Waals surface area contributed by atoms with E-state index in [1.54, 1.807) is 4.90 Å². The molecule has 1 saturated heterocycles. The van der Waals surface area contributed by atoms with Crippen molar-refractivity contribution in [3.05, 3.63) is 58.4 Å². The molecule has 2 aromatic carbocycles. The molecule has 174 valence electrons. The minimum atomic E-state index is -0.487. The molecule has 5 rings (SSSR count). The molecule has 0 aromatic heterocycles. The molecule has 1 aliphatic carbocycles. The Bertz CT molecular complexity index is 1100. The predicted octanol–water partition coefficient (Wildman–Crippen LogP) is 4.35. The first-order valence-corrected chi connectivity index (χ1v) is 11.8. The van der Waals surface area contributed by atoms with E-state index >= 15 is 0 Å². The van der Waals surface area contributed by atoms with Crippen LogP contribution in [0.3, 0.4) is 0 Å². The second-order valence-electron chi connectivity index (χ2n) is 10.5. The molecule has 3 aliphatic rings. The number of hydrogen-bond acceptors (Lipinski definition) is 4. The molecule has 0 spiro atoms. The Kier molecular flexibility index (Phi) is 5.33. The summed E-state index contributed by atoms with van der Waals surface area (Å²) in [4.78, 5) is 14.9. The van der Waals surface area contributed by atoms with E-state index < -0.39 is 24.1 Å². The van der Waals surface area contributed by atoms with Crippen molar-refractivity contribution in [3.63, 3.8) is 0 Å².